The second-order valence-corrected chi connectivity index (χ2v) is 7.24. The van der Waals surface area contributed by atoms with Crippen molar-refractivity contribution in [1.82, 2.24) is 0 Å². The fourth-order valence-electron chi connectivity index (χ4n) is 2.93. The minimum atomic E-state index is -1.88. The summed E-state index contributed by atoms with van der Waals surface area (Å²) in [4.78, 5) is 22.8. The van der Waals surface area contributed by atoms with Crippen molar-refractivity contribution in [1.29, 1.82) is 0 Å². The molecular weight excluding hydrogens is 431 g/mol. The Labute approximate surface area is 186 Å². The Balaban J connectivity index is 0.000000679. The summed E-state index contributed by atoms with van der Waals surface area (Å²) in [5, 5.41) is 26.9. The molecular formula is C21H33FO10. The van der Waals surface area contributed by atoms with Crippen molar-refractivity contribution in [3.05, 3.63) is 38.0 Å². The van der Waals surface area contributed by atoms with Crippen molar-refractivity contribution in [3.63, 3.8) is 0 Å². The van der Waals surface area contributed by atoms with E-state index in [-0.39, 0.29) is 17.9 Å². The molecule has 0 aromatic rings. The summed E-state index contributed by atoms with van der Waals surface area (Å²) < 4.78 is 26.3. The van der Waals surface area contributed by atoms with Gasteiger partial charge in [0.05, 0.1) is 33.0 Å². The second-order valence-electron chi connectivity index (χ2n) is 7.24. The van der Waals surface area contributed by atoms with Crippen LogP contribution in [0.5, 0.6) is 0 Å². The summed E-state index contributed by atoms with van der Waals surface area (Å²) in [6.07, 6.45) is 1.39. The molecule has 0 aromatic carbocycles. The Morgan fingerprint density at radius 2 is 1.56 bits per heavy atom. The van der Waals surface area contributed by atoms with Crippen LogP contribution in [0.2, 0.25) is 0 Å². The third-order valence-corrected chi connectivity index (χ3v) is 4.74. The summed E-state index contributed by atoms with van der Waals surface area (Å²) in [6.45, 7) is 14.2. The SMILES string of the molecule is C=CCOC[C@H]1OC(=O)[C@](C)(OCC=C)[C@@H]1OCC=C.C[C@]1(O)C(=O)O[C@H](CO)[C@H]1O.F. The molecule has 184 valence electrons. The zero-order valence-electron chi connectivity index (χ0n) is 18.3. The quantitative estimate of drug-likeness (QED) is 0.214. The fraction of sp³-hybridized carbons (Fsp3) is 0.619. The van der Waals surface area contributed by atoms with Gasteiger partial charge in [0, 0.05) is 0 Å². The van der Waals surface area contributed by atoms with Gasteiger partial charge in [0.25, 0.3) is 0 Å². The maximum Gasteiger partial charge on any atom is 0.341 e. The highest BCUT2D eigenvalue weighted by molar-refractivity contribution is 5.83. The first kappa shape index (κ1) is 29.9. The molecule has 3 N–H and O–H groups in total. The van der Waals surface area contributed by atoms with E-state index in [0.29, 0.717) is 13.2 Å². The molecule has 2 aliphatic rings. The topological polar surface area (TPSA) is 141 Å². The van der Waals surface area contributed by atoms with Gasteiger partial charge in [-0.05, 0) is 13.8 Å². The van der Waals surface area contributed by atoms with E-state index in [1.165, 1.54) is 0 Å². The van der Waals surface area contributed by atoms with Crippen molar-refractivity contribution in [3.8, 4) is 0 Å². The van der Waals surface area contributed by atoms with Gasteiger partial charge in [-0.3, -0.25) is 4.70 Å². The Bertz CT molecular complexity index is 652. The lowest BCUT2D eigenvalue weighted by Gasteiger charge is -2.28. The molecule has 0 bridgehead atoms. The van der Waals surface area contributed by atoms with Crippen LogP contribution in [-0.2, 0) is 33.3 Å². The zero-order chi connectivity index (χ0) is 23.7. The van der Waals surface area contributed by atoms with E-state index in [9.17, 15) is 14.7 Å². The summed E-state index contributed by atoms with van der Waals surface area (Å²) in [6, 6.07) is 0. The number of cyclic esters (lactones) is 2. The van der Waals surface area contributed by atoms with Crippen LogP contribution in [0.15, 0.2) is 38.0 Å². The van der Waals surface area contributed by atoms with Crippen LogP contribution >= 0.6 is 0 Å². The molecule has 0 unspecified atom stereocenters. The van der Waals surface area contributed by atoms with Gasteiger partial charge < -0.3 is 39.0 Å². The summed E-state index contributed by atoms with van der Waals surface area (Å²) in [5.74, 6) is -1.36. The molecule has 0 spiro atoms. The van der Waals surface area contributed by atoms with Crippen molar-refractivity contribution in [2.75, 3.05) is 33.0 Å². The molecule has 0 amide bonds. The molecule has 2 saturated heterocycles. The first-order chi connectivity index (χ1) is 14.6. The molecule has 0 saturated carbocycles. The van der Waals surface area contributed by atoms with Gasteiger partial charge in [0.15, 0.2) is 23.4 Å². The minimum absolute atomic E-state index is 0. The first-order valence-corrected chi connectivity index (χ1v) is 9.69. The van der Waals surface area contributed by atoms with Crippen molar-refractivity contribution in [2.45, 2.75) is 49.5 Å². The largest absolute Gasteiger partial charge is 0.455 e. The second kappa shape index (κ2) is 13.4. The molecule has 0 radical (unpaired) electrons. The van der Waals surface area contributed by atoms with Gasteiger partial charge in [-0.15, -0.1) is 19.7 Å². The van der Waals surface area contributed by atoms with Gasteiger partial charge in [0.2, 0.25) is 0 Å². The number of carbonyl (C=O) groups is 2. The summed E-state index contributed by atoms with van der Waals surface area (Å²) >= 11 is 0. The molecule has 2 rings (SSSR count). The first-order valence-electron chi connectivity index (χ1n) is 9.69. The highest BCUT2D eigenvalue weighted by Gasteiger charge is 2.56. The van der Waals surface area contributed by atoms with Crippen LogP contribution in [-0.4, -0.2) is 95.9 Å². The number of hydrogen-bond donors (Lipinski definition) is 3. The van der Waals surface area contributed by atoms with Gasteiger partial charge in [-0.25, -0.2) is 9.59 Å². The van der Waals surface area contributed by atoms with Gasteiger partial charge in [-0.2, -0.15) is 0 Å². The summed E-state index contributed by atoms with van der Waals surface area (Å²) in [7, 11) is 0. The van der Waals surface area contributed by atoms with Crippen molar-refractivity contribution in [2.24, 2.45) is 0 Å². The lowest BCUT2D eigenvalue weighted by atomic mass is 9.98. The molecule has 32 heavy (non-hydrogen) atoms. The number of carbonyl (C=O) groups excluding carboxylic acids is 2. The predicted molar refractivity (Wildman–Crippen MR) is 111 cm³/mol. The van der Waals surface area contributed by atoms with Crippen molar-refractivity contribution < 1.29 is 53.3 Å². The lowest BCUT2D eigenvalue weighted by Crippen LogP contribution is -2.48. The maximum atomic E-state index is 12.1. The van der Waals surface area contributed by atoms with Crippen LogP contribution in [0, 0.1) is 0 Å². The van der Waals surface area contributed by atoms with Crippen LogP contribution < -0.4 is 0 Å². The number of ether oxygens (including phenoxy) is 5. The Kier molecular flexibility index (Phi) is 12.5. The minimum Gasteiger partial charge on any atom is -0.455 e. The number of rotatable bonds is 11. The van der Waals surface area contributed by atoms with E-state index in [2.05, 4.69) is 24.5 Å². The Morgan fingerprint density at radius 1 is 1.00 bits per heavy atom. The molecule has 10 nitrogen and oxygen atoms in total. The smallest absolute Gasteiger partial charge is 0.341 e. The maximum absolute atomic E-state index is 12.1. The highest BCUT2D eigenvalue weighted by atomic mass is 19.0. The van der Waals surface area contributed by atoms with Crippen LogP contribution in [0.4, 0.5) is 4.70 Å². The molecule has 11 heteroatoms. The van der Waals surface area contributed by atoms with E-state index in [1.54, 1.807) is 25.2 Å². The van der Waals surface area contributed by atoms with Crippen LogP contribution in [0.25, 0.3) is 0 Å². The zero-order valence-corrected chi connectivity index (χ0v) is 18.3. The molecule has 2 fully saturated rings. The number of esters is 2. The van der Waals surface area contributed by atoms with Crippen molar-refractivity contribution >= 4 is 11.9 Å². The average Bonchev–Trinajstić information content (AvgIpc) is 3.09. The molecule has 0 aliphatic carbocycles. The third-order valence-electron chi connectivity index (χ3n) is 4.74. The Morgan fingerprint density at radius 3 is 2.00 bits per heavy atom. The van der Waals surface area contributed by atoms with Gasteiger partial charge in [-0.1, -0.05) is 18.2 Å². The van der Waals surface area contributed by atoms with E-state index < -0.39 is 54.2 Å². The predicted octanol–water partition coefficient (Wildman–Crippen LogP) is -0.185. The third kappa shape index (κ3) is 6.92. The fourth-order valence-corrected chi connectivity index (χ4v) is 2.93. The monoisotopic (exact) mass is 464 g/mol. The van der Waals surface area contributed by atoms with E-state index >= 15 is 0 Å². The van der Waals surface area contributed by atoms with Crippen LogP contribution in [0.3, 0.4) is 0 Å². The van der Waals surface area contributed by atoms with Gasteiger partial charge >= 0.3 is 11.9 Å². The molecule has 0 aromatic heterocycles. The van der Waals surface area contributed by atoms with Gasteiger partial charge in [0.1, 0.15) is 12.2 Å². The molecule has 2 aliphatic heterocycles. The lowest BCUT2D eigenvalue weighted by molar-refractivity contribution is -0.161. The van der Waals surface area contributed by atoms with E-state index in [1.807, 2.05) is 0 Å². The molecule has 2 heterocycles. The standard InChI is InChI=1S/C15H22O5.C6H10O5.FH/c1-5-8-17-11-12-13(18-9-6-2)15(4,14(16)20-12)19-10-7-3;1-6(10)4(8)3(2-7)11-5(6)9;/h5-7,12-13H,1-3,8-11H2,4H3;3-4,7-8,10H,2H2,1H3;1H/t12-,13-,15-;3-,4-,6-;/m11./s1. The average molecular weight is 464 g/mol. The number of aliphatic hydroxyl groups is 3. The number of hydrogen-bond acceptors (Lipinski definition) is 10. The van der Waals surface area contributed by atoms with E-state index in [4.69, 9.17) is 29.2 Å². The normalized spacial score (nSPS) is 33.3. The number of halogens is 1. The number of aliphatic hydroxyl groups excluding tert-OH is 2. The Hall–Kier alpha value is -2.15. The van der Waals surface area contributed by atoms with E-state index in [0.717, 1.165) is 6.92 Å². The highest BCUT2D eigenvalue weighted by Crippen LogP contribution is 2.32. The molecule has 6 atom stereocenters. The summed E-state index contributed by atoms with van der Waals surface area (Å²) in [5.41, 5.74) is -3.05. The van der Waals surface area contributed by atoms with Crippen LogP contribution in [0.1, 0.15) is 13.8 Å².